The van der Waals surface area contributed by atoms with E-state index in [1.807, 2.05) is 0 Å². The zero-order valence-corrected chi connectivity index (χ0v) is 11.8. The van der Waals surface area contributed by atoms with Gasteiger partial charge in [0, 0.05) is 12.1 Å². The molecule has 1 atom stereocenters. The Kier molecular flexibility index (Phi) is 3.40. The number of benzene rings is 1. The summed E-state index contributed by atoms with van der Waals surface area (Å²) in [6.07, 6.45) is 1.12. The molecule has 19 heavy (non-hydrogen) atoms. The van der Waals surface area contributed by atoms with Gasteiger partial charge in [-0.05, 0) is 42.0 Å². The summed E-state index contributed by atoms with van der Waals surface area (Å²) in [6.45, 7) is 5.00. The molecule has 0 spiro atoms. The van der Waals surface area contributed by atoms with Crippen molar-refractivity contribution in [2.45, 2.75) is 25.2 Å². The van der Waals surface area contributed by atoms with Crippen molar-refractivity contribution >= 4 is 15.9 Å². The Labute approximate surface area is 113 Å². The van der Waals surface area contributed by atoms with Crippen LogP contribution in [-0.4, -0.2) is 20.9 Å². The molecule has 5 nitrogen and oxygen atoms in total. The normalized spacial score (nSPS) is 20.9. The molecule has 0 aromatic heterocycles. The van der Waals surface area contributed by atoms with Crippen LogP contribution in [0.1, 0.15) is 30.6 Å². The van der Waals surface area contributed by atoms with E-state index < -0.39 is 10.0 Å². The molecule has 0 bridgehead atoms. The van der Waals surface area contributed by atoms with Crippen LogP contribution in [0.5, 0.6) is 0 Å². The standard InChI is InChI=1S/C13H18N2O3S/c1-13(2)7-10(13)8-15-12(16)9-3-5-11(6-4-9)19(14,17)18/h3-6,10H,7-8H2,1-2H3,(H,15,16)(H2,14,17,18). The molecule has 1 aliphatic carbocycles. The van der Waals surface area contributed by atoms with E-state index in [1.165, 1.54) is 24.3 Å². The third-order valence-corrected chi connectivity index (χ3v) is 4.60. The van der Waals surface area contributed by atoms with Gasteiger partial charge in [-0.1, -0.05) is 13.8 Å². The first-order valence-electron chi connectivity index (χ1n) is 6.11. The highest BCUT2D eigenvalue weighted by Gasteiger charge is 2.45. The number of carbonyl (C=O) groups excluding carboxylic acids is 1. The first-order valence-corrected chi connectivity index (χ1v) is 7.66. The lowest BCUT2D eigenvalue weighted by molar-refractivity contribution is 0.0950. The van der Waals surface area contributed by atoms with E-state index in [1.54, 1.807) is 0 Å². The number of hydrogen-bond donors (Lipinski definition) is 2. The molecular formula is C13H18N2O3S. The fourth-order valence-corrected chi connectivity index (χ4v) is 2.55. The molecule has 1 aromatic rings. The molecule has 1 aromatic carbocycles. The second-order valence-corrected chi connectivity index (χ2v) is 7.23. The van der Waals surface area contributed by atoms with E-state index in [2.05, 4.69) is 19.2 Å². The quantitative estimate of drug-likeness (QED) is 0.867. The van der Waals surface area contributed by atoms with Gasteiger partial charge in [0.25, 0.3) is 5.91 Å². The van der Waals surface area contributed by atoms with E-state index in [0.29, 0.717) is 23.4 Å². The van der Waals surface area contributed by atoms with Gasteiger partial charge in [0.2, 0.25) is 10.0 Å². The molecular weight excluding hydrogens is 264 g/mol. The first-order chi connectivity index (χ1) is 8.70. The second-order valence-electron chi connectivity index (χ2n) is 5.67. The number of rotatable bonds is 4. The van der Waals surface area contributed by atoms with Crippen LogP contribution >= 0.6 is 0 Å². The van der Waals surface area contributed by atoms with E-state index in [-0.39, 0.29) is 10.8 Å². The molecule has 104 valence electrons. The van der Waals surface area contributed by atoms with Gasteiger partial charge in [0.05, 0.1) is 4.90 Å². The van der Waals surface area contributed by atoms with Gasteiger partial charge in [0.15, 0.2) is 0 Å². The van der Waals surface area contributed by atoms with Crippen LogP contribution < -0.4 is 10.5 Å². The van der Waals surface area contributed by atoms with Gasteiger partial charge in [-0.15, -0.1) is 0 Å². The molecule has 0 heterocycles. The fraction of sp³-hybridized carbons (Fsp3) is 0.462. The number of nitrogens with one attached hydrogen (secondary N) is 1. The lowest BCUT2D eigenvalue weighted by Crippen LogP contribution is -2.26. The van der Waals surface area contributed by atoms with Gasteiger partial charge >= 0.3 is 0 Å². The molecule has 6 heteroatoms. The lowest BCUT2D eigenvalue weighted by Gasteiger charge is -2.07. The Bertz CT molecular complexity index is 591. The lowest BCUT2D eigenvalue weighted by atomic mass is 10.1. The minimum Gasteiger partial charge on any atom is -0.352 e. The summed E-state index contributed by atoms with van der Waals surface area (Å²) in [5.74, 6) is 0.337. The van der Waals surface area contributed by atoms with Crippen molar-refractivity contribution in [3.8, 4) is 0 Å². The Morgan fingerprint density at radius 3 is 2.32 bits per heavy atom. The molecule has 1 amide bonds. The number of hydrogen-bond acceptors (Lipinski definition) is 3. The average molecular weight is 282 g/mol. The largest absolute Gasteiger partial charge is 0.352 e. The van der Waals surface area contributed by atoms with Gasteiger partial charge in [0.1, 0.15) is 0 Å². The minimum absolute atomic E-state index is 0.00683. The smallest absolute Gasteiger partial charge is 0.251 e. The molecule has 0 saturated heterocycles. The van der Waals surface area contributed by atoms with Crippen LogP contribution in [0.15, 0.2) is 29.2 Å². The summed E-state index contributed by atoms with van der Waals surface area (Å²) in [5.41, 5.74) is 0.760. The molecule has 0 radical (unpaired) electrons. The van der Waals surface area contributed by atoms with E-state index >= 15 is 0 Å². The highest BCUT2D eigenvalue weighted by Crippen LogP contribution is 2.50. The van der Waals surface area contributed by atoms with Crippen molar-refractivity contribution in [1.82, 2.24) is 5.32 Å². The number of amides is 1. The van der Waals surface area contributed by atoms with Crippen molar-refractivity contribution in [1.29, 1.82) is 0 Å². The predicted octanol–water partition coefficient (Wildman–Crippen LogP) is 1.11. The molecule has 2 rings (SSSR count). The van der Waals surface area contributed by atoms with Gasteiger partial charge in [-0.25, -0.2) is 13.6 Å². The minimum atomic E-state index is -3.71. The van der Waals surface area contributed by atoms with E-state index in [4.69, 9.17) is 5.14 Å². The van der Waals surface area contributed by atoms with Crippen molar-refractivity contribution in [3.05, 3.63) is 29.8 Å². The number of sulfonamides is 1. The van der Waals surface area contributed by atoms with Crippen molar-refractivity contribution < 1.29 is 13.2 Å². The van der Waals surface area contributed by atoms with Crippen molar-refractivity contribution in [3.63, 3.8) is 0 Å². The summed E-state index contributed by atoms with van der Waals surface area (Å²) in [7, 11) is -3.71. The molecule has 0 aliphatic heterocycles. The average Bonchev–Trinajstić information content (AvgIpc) is 2.93. The molecule has 3 N–H and O–H groups in total. The predicted molar refractivity (Wildman–Crippen MR) is 72.0 cm³/mol. The maximum atomic E-state index is 11.9. The Balaban J connectivity index is 1.97. The van der Waals surface area contributed by atoms with Gasteiger partial charge in [-0.2, -0.15) is 0 Å². The number of nitrogens with two attached hydrogens (primary N) is 1. The van der Waals surface area contributed by atoms with Gasteiger partial charge in [-0.3, -0.25) is 4.79 Å². The maximum absolute atomic E-state index is 11.9. The van der Waals surface area contributed by atoms with Crippen LogP contribution in [0, 0.1) is 11.3 Å². The summed E-state index contributed by atoms with van der Waals surface area (Å²) < 4.78 is 22.2. The molecule has 1 unspecified atom stereocenters. The van der Waals surface area contributed by atoms with Crippen LogP contribution in [0.3, 0.4) is 0 Å². The van der Waals surface area contributed by atoms with Crippen LogP contribution in [-0.2, 0) is 10.0 Å². The summed E-state index contributed by atoms with van der Waals surface area (Å²) in [6, 6.07) is 5.61. The number of primary sulfonamides is 1. The zero-order chi connectivity index (χ0) is 14.3. The van der Waals surface area contributed by atoms with Gasteiger partial charge < -0.3 is 5.32 Å². The highest BCUT2D eigenvalue weighted by atomic mass is 32.2. The molecule has 1 saturated carbocycles. The van der Waals surface area contributed by atoms with Crippen molar-refractivity contribution in [2.75, 3.05) is 6.54 Å². The summed E-state index contributed by atoms with van der Waals surface area (Å²) in [5, 5.41) is 7.85. The molecule has 1 fully saturated rings. The Morgan fingerprint density at radius 2 is 1.89 bits per heavy atom. The number of carbonyl (C=O) groups is 1. The maximum Gasteiger partial charge on any atom is 0.251 e. The van der Waals surface area contributed by atoms with Crippen molar-refractivity contribution in [2.24, 2.45) is 16.5 Å². The highest BCUT2D eigenvalue weighted by molar-refractivity contribution is 7.89. The zero-order valence-electron chi connectivity index (χ0n) is 11.0. The second kappa shape index (κ2) is 4.61. The fourth-order valence-electron chi connectivity index (χ4n) is 2.04. The molecule has 1 aliphatic rings. The van der Waals surface area contributed by atoms with E-state index in [9.17, 15) is 13.2 Å². The Hall–Kier alpha value is -1.40. The Morgan fingerprint density at radius 1 is 1.37 bits per heavy atom. The van der Waals surface area contributed by atoms with Crippen LogP contribution in [0.2, 0.25) is 0 Å². The third-order valence-electron chi connectivity index (χ3n) is 3.67. The SMILES string of the molecule is CC1(C)CC1CNC(=O)c1ccc(S(N)(=O)=O)cc1. The van der Waals surface area contributed by atoms with Crippen LogP contribution in [0.4, 0.5) is 0 Å². The van der Waals surface area contributed by atoms with E-state index in [0.717, 1.165) is 6.42 Å². The monoisotopic (exact) mass is 282 g/mol. The summed E-state index contributed by atoms with van der Waals surface area (Å²) >= 11 is 0. The first kappa shape index (κ1) is 14.0. The van der Waals surface area contributed by atoms with Crippen LogP contribution in [0.25, 0.3) is 0 Å². The topological polar surface area (TPSA) is 89.3 Å². The summed E-state index contributed by atoms with van der Waals surface area (Å²) in [4.78, 5) is 11.9. The third kappa shape index (κ3) is 3.33.